The van der Waals surface area contributed by atoms with E-state index in [9.17, 15) is 19.2 Å². The predicted molar refractivity (Wildman–Crippen MR) is 162 cm³/mol. The Kier molecular flexibility index (Phi) is 9.11. The number of hydrogen-bond donors (Lipinski definition) is 3. The molecular formula is C31H31Cl2N4O5+. The maximum atomic E-state index is 13.5. The van der Waals surface area contributed by atoms with Crippen LogP contribution >= 0.6 is 23.2 Å². The van der Waals surface area contributed by atoms with Crippen molar-refractivity contribution < 1.29 is 19.2 Å². The number of esters is 1. The first kappa shape index (κ1) is 29.6. The van der Waals surface area contributed by atoms with Gasteiger partial charge in [-0.25, -0.2) is 14.2 Å². The van der Waals surface area contributed by atoms with Gasteiger partial charge in [-0.05, 0) is 42.8 Å². The summed E-state index contributed by atoms with van der Waals surface area (Å²) in [5.41, 5.74) is 1.69. The lowest BCUT2D eigenvalue weighted by Crippen LogP contribution is -3.08. The van der Waals surface area contributed by atoms with Gasteiger partial charge >= 0.3 is 11.7 Å². The molecule has 0 saturated carbocycles. The molecule has 9 nitrogen and oxygen atoms in total. The Morgan fingerprint density at radius 1 is 1.00 bits per heavy atom. The van der Waals surface area contributed by atoms with E-state index >= 15 is 0 Å². The first-order chi connectivity index (χ1) is 20.3. The SMILES string of the molecule is CCOC(=O)[C@H](Cc1ccc(-n2c(=O)[nH]c3c(C[NH+]4CCCC4)cccc3c2=O)cc1)NC(=O)c1c(Cl)cccc1Cl. The summed E-state index contributed by atoms with van der Waals surface area (Å²) < 4.78 is 6.28. The van der Waals surface area contributed by atoms with E-state index in [1.165, 1.54) is 29.9 Å². The maximum absolute atomic E-state index is 13.5. The molecule has 4 aromatic rings. The van der Waals surface area contributed by atoms with Crippen LogP contribution in [0.15, 0.2) is 70.3 Å². The summed E-state index contributed by atoms with van der Waals surface area (Å²) in [5.74, 6) is -1.23. The van der Waals surface area contributed by atoms with Crippen molar-refractivity contribution in [2.75, 3.05) is 19.7 Å². The number of carbonyl (C=O) groups is 2. The van der Waals surface area contributed by atoms with Crippen molar-refractivity contribution in [1.82, 2.24) is 14.9 Å². The van der Waals surface area contributed by atoms with Gasteiger partial charge in [-0.3, -0.25) is 9.59 Å². The summed E-state index contributed by atoms with van der Waals surface area (Å²) >= 11 is 12.3. The Hall–Kier alpha value is -3.92. The number of fused-ring (bicyclic) bond motifs is 1. The largest absolute Gasteiger partial charge is 0.464 e. The van der Waals surface area contributed by atoms with Crippen LogP contribution < -0.4 is 21.5 Å². The fourth-order valence-electron chi connectivity index (χ4n) is 5.40. The van der Waals surface area contributed by atoms with Crippen LogP contribution in [0.25, 0.3) is 16.6 Å². The second-order valence-electron chi connectivity index (χ2n) is 10.3. The third-order valence-corrected chi connectivity index (χ3v) is 8.10. The molecule has 0 radical (unpaired) electrons. The number of benzene rings is 3. The average molecular weight is 611 g/mol. The number of hydrogen-bond acceptors (Lipinski definition) is 5. The highest BCUT2D eigenvalue weighted by Gasteiger charge is 2.26. The number of aromatic nitrogens is 2. The standard InChI is InChI=1S/C31H30Cl2N4O5/c1-2-42-30(40)25(34-28(38)26-23(32)9-6-10-24(26)33)17-19-11-13-21(14-12-19)37-29(39)22-8-5-7-20(27(22)35-31(37)41)18-36-15-3-4-16-36/h5-14,25H,2-4,15-18H2,1H3,(H,34,38)(H,35,41)/p+1/t25-/m0/s1. The van der Waals surface area contributed by atoms with E-state index in [1.54, 1.807) is 43.3 Å². The third kappa shape index (κ3) is 6.28. The molecule has 1 atom stereocenters. The lowest BCUT2D eigenvalue weighted by Gasteiger charge is -2.18. The lowest BCUT2D eigenvalue weighted by molar-refractivity contribution is -0.901. The van der Waals surface area contributed by atoms with Crippen molar-refractivity contribution >= 4 is 46.0 Å². The number of nitrogens with one attached hydrogen (secondary N) is 3. The first-order valence-corrected chi connectivity index (χ1v) is 14.6. The third-order valence-electron chi connectivity index (χ3n) is 7.47. The minimum absolute atomic E-state index is 0.0605. The van der Waals surface area contributed by atoms with Gasteiger partial charge in [0.05, 0.1) is 51.9 Å². The van der Waals surface area contributed by atoms with E-state index in [-0.39, 0.29) is 28.6 Å². The molecule has 0 aliphatic carbocycles. The fourth-order valence-corrected chi connectivity index (χ4v) is 5.97. The molecule has 42 heavy (non-hydrogen) atoms. The highest BCUT2D eigenvalue weighted by atomic mass is 35.5. The molecule has 1 amide bonds. The molecule has 0 spiro atoms. The van der Waals surface area contributed by atoms with Crippen LogP contribution in [0.3, 0.4) is 0 Å². The number of carbonyl (C=O) groups excluding carboxylic acids is 2. The number of ether oxygens (including phenoxy) is 1. The zero-order valence-corrected chi connectivity index (χ0v) is 24.6. The van der Waals surface area contributed by atoms with E-state index < -0.39 is 29.2 Å². The van der Waals surface area contributed by atoms with Crippen LogP contribution in [0.1, 0.15) is 41.3 Å². The van der Waals surface area contributed by atoms with E-state index in [1.807, 2.05) is 12.1 Å². The van der Waals surface area contributed by atoms with Gasteiger partial charge < -0.3 is 19.9 Å². The molecule has 1 aromatic heterocycles. The molecule has 1 fully saturated rings. The minimum atomic E-state index is -1.03. The molecular weight excluding hydrogens is 579 g/mol. The first-order valence-electron chi connectivity index (χ1n) is 13.9. The van der Waals surface area contributed by atoms with Crippen molar-refractivity contribution in [3.63, 3.8) is 0 Å². The smallest absolute Gasteiger partial charge is 0.333 e. The van der Waals surface area contributed by atoms with E-state index in [2.05, 4.69) is 10.3 Å². The van der Waals surface area contributed by atoms with Crippen LogP contribution in [0.2, 0.25) is 10.0 Å². The summed E-state index contributed by atoms with van der Waals surface area (Å²) in [6, 6.07) is 15.8. The summed E-state index contributed by atoms with van der Waals surface area (Å²) in [4.78, 5) is 56.7. The van der Waals surface area contributed by atoms with Crippen LogP contribution in [0.5, 0.6) is 0 Å². The Balaban J connectivity index is 1.40. The van der Waals surface area contributed by atoms with Crippen molar-refractivity contribution in [3.05, 3.63) is 108 Å². The summed E-state index contributed by atoms with van der Waals surface area (Å²) in [6.45, 7) is 4.72. The number of rotatable bonds is 9. The second-order valence-corrected chi connectivity index (χ2v) is 11.1. The summed E-state index contributed by atoms with van der Waals surface area (Å²) in [7, 11) is 0. The number of nitrogens with zero attached hydrogens (tertiary/aromatic N) is 1. The van der Waals surface area contributed by atoms with Crippen LogP contribution in [0.4, 0.5) is 0 Å². The lowest BCUT2D eigenvalue weighted by atomic mass is 10.0. The molecule has 0 unspecified atom stereocenters. The Morgan fingerprint density at radius 3 is 2.33 bits per heavy atom. The molecule has 1 aliphatic heterocycles. The second kappa shape index (κ2) is 12.9. The zero-order chi connectivity index (χ0) is 29.8. The minimum Gasteiger partial charge on any atom is -0.464 e. The predicted octanol–water partition coefficient (Wildman–Crippen LogP) is 3.07. The summed E-state index contributed by atoms with van der Waals surface area (Å²) in [5, 5.41) is 3.42. The molecule has 1 aliphatic rings. The van der Waals surface area contributed by atoms with Gasteiger partial charge in [0.25, 0.3) is 11.5 Å². The molecule has 11 heteroatoms. The van der Waals surface area contributed by atoms with Gasteiger partial charge in [0.15, 0.2) is 0 Å². The van der Waals surface area contributed by atoms with Crippen LogP contribution in [0, 0.1) is 0 Å². The number of halogens is 2. The number of likely N-dealkylation sites (tertiary alicyclic amines) is 1. The van der Waals surface area contributed by atoms with Crippen molar-refractivity contribution in [2.24, 2.45) is 0 Å². The van der Waals surface area contributed by atoms with Crippen molar-refractivity contribution in [2.45, 2.75) is 38.8 Å². The normalized spacial score (nSPS) is 14.2. The number of H-pyrrole nitrogens is 1. The van der Waals surface area contributed by atoms with Gasteiger partial charge in [0, 0.05) is 24.8 Å². The van der Waals surface area contributed by atoms with Crippen molar-refractivity contribution in [3.8, 4) is 5.69 Å². The van der Waals surface area contributed by atoms with Gasteiger partial charge in [0.2, 0.25) is 0 Å². The van der Waals surface area contributed by atoms with E-state index in [4.69, 9.17) is 27.9 Å². The van der Waals surface area contributed by atoms with Gasteiger partial charge in [-0.2, -0.15) is 0 Å². The zero-order valence-electron chi connectivity index (χ0n) is 23.0. The number of aromatic amines is 1. The Bertz CT molecular complexity index is 1720. The van der Waals surface area contributed by atoms with E-state index in [0.29, 0.717) is 22.2 Å². The molecule has 218 valence electrons. The molecule has 0 bridgehead atoms. The number of amides is 1. The Labute approximate surface area is 252 Å². The molecule has 3 N–H and O–H groups in total. The summed E-state index contributed by atoms with van der Waals surface area (Å²) in [6.07, 6.45) is 2.46. The quantitative estimate of drug-likeness (QED) is 0.252. The average Bonchev–Trinajstić information content (AvgIpc) is 3.47. The van der Waals surface area contributed by atoms with Gasteiger partial charge in [0.1, 0.15) is 12.6 Å². The number of quaternary nitrogens is 1. The molecule has 5 rings (SSSR count). The number of para-hydroxylation sites is 1. The van der Waals surface area contributed by atoms with Crippen LogP contribution in [-0.2, 0) is 22.5 Å². The molecule has 2 heterocycles. The van der Waals surface area contributed by atoms with Crippen LogP contribution in [-0.4, -0.2) is 47.2 Å². The topological polar surface area (TPSA) is 115 Å². The molecule has 3 aromatic carbocycles. The monoisotopic (exact) mass is 609 g/mol. The fraction of sp³-hybridized carbons (Fsp3) is 0.290. The highest BCUT2D eigenvalue weighted by Crippen LogP contribution is 2.24. The van der Waals surface area contributed by atoms with E-state index in [0.717, 1.165) is 29.8 Å². The molecule has 1 saturated heterocycles. The Morgan fingerprint density at radius 2 is 1.67 bits per heavy atom. The highest BCUT2D eigenvalue weighted by molar-refractivity contribution is 6.39. The van der Waals surface area contributed by atoms with Crippen molar-refractivity contribution in [1.29, 1.82) is 0 Å². The van der Waals surface area contributed by atoms with Gasteiger partial charge in [-0.15, -0.1) is 0 Å². The maximum Gasteiger partial charge on any atom is 0.333 e. The van der Waals surface area contributed by atoms with Gasteiger partial charge in [-0.1, -0.05) is 53.5 Å².